The molecule has 0 radical (unpaired) electrons. The molecule has 0 saturated heterocycles. The largest absolute Gasteiger partial charge is 0.334 e. The highest BCUT2D eigenvalue weighted by molar-refractivity contribution is 5.77. The molecule has 4 fully saturated rings. The minimum Gasteiger partial charge on any atom is -0.334 e. The van der Waals surface area contributed by atoms with Gasteiger partial charge >= 0.3 is 6.03 Å². The highest BCUT2D eigenvalue weighted by atomic mass is 16.2. The van der Waals surface area contributed by atoms with Crippen LogP contribution in [-0.4, -0.2) is 21.6 Å². The van der Waals surface area contributed by atoms with E-state index in [1.807, 2.05) is 6.07 Å². The molecule has 20 heavy (non-hydrogen) atoms. The van der Waals surface area contributed by atoms with Crippen molar-refractivity contribution in [2.24, 2.45) is 23.7 Å². The highest BCUT2D eigenvalue weighted by Crippen LogP contribution is 2.53. The molecule has 1 N–H and O–H groups in total. The van der Waals surface area contributed by atoms with Crippen LogP contribution >= 0.6 is 0 Å². The molecule has 4 aliphatic rings. The van der Waals surface area contributed by atoms with Gasteiger partial charge in [0.2, 0.25) is 0 Å². The Morgan fingerprint density at radius 1 is 1.25 bits per heavy atom. The Labute approximate surface area is 118 Å². The molecule has 1 aromatic rings. The van der Waals surface area contributed by atoms with E-state index in [2.05, 4.69) is 10.3 Å². The van der Waals surface area contributed by atoms with Crippen molar-refractivity contribution in [1.29, 1.82) is 5.26 Å². The molecule has 4 bridgehead atoms. The zero-order chi connectivity index (χ0) is 13.7. The molecule has 0 aromatic carbocycles. The number of carbonyl (C=O) groups excluding carboxylic acids is 1. The van der Waals surface area contributed by atoms with Gasteiger partial charge in [0, 0.05) is 6.04 Å². The van der Waals surface area contributed by atoms with Crippen LogP contribution in [0.4, 0.5) is 4.79 Å². The first kappa shape index (κ1) is 12.0. The number of nitrogens with one attached hydrogen (secondary N) is 1. The van der Waals surface area contributed by atoms with E-state index in [0.29, 0.717) is 17.9 Å². The first-order valence-corrected chi connectivity index (χ1v) is 7.48. The van der Waals surface area contributed by atoms with Gasteiger partial charge in [-0.05, 0) is 55.8 Å². The maximum absolute atomic E-state index is 12.3. The normalized spacial score (nSPS) is 37.6. The lowest BCUT2D eigenvalue weighted by atomic mass is 9.54. The minimum atomic E-state index is -0.142. The second-order valence-corrected chi connectivity index (χ2v) is 6.68. The third-order valence-corrected chi connectivity index (χ3v) is 5.45. The van der Waals surface area contributed by atoms with Crippen LogP contribution in [0.3, 0.4) is 0 Å². The SMILES string of the molecule is N#Cc1cn(C(=O)NC2C3CC4CC(C3)CC2C4)cn1. The monoisotopic (exact) mass is 270 g/mol. The van der Waals surface area contributed by atoms with Crippen LogP contribution in [0.25, 0.3) is 0 Å². The predicted molar refractivity (Wildman–Crippen MR) is 71.7 cm³/mol. The van der Waals surface area contributed by atoms with Crippen LogP contribution < -0.4 is 5.32 Å². The molecule has 1 amide bonds. The Morgan fingerprint density at radius 2 is 1.90 bits per heavy atom. The average molecular weight is 270 g/mol. The van der Waals surface area contributed by atoms with E-state index < -0.39 is 0 Å². The average Bonchev–Trinajstić information content (AvgIpc) is 2.91. The standard InChI is InChI=1S/C15H18N4O/c16-6-13-7-19(8-17-13)15(20)18-14-11-2-9-1-10(4-11)5-12(14)3-9/h7-12,14H,1-5H2,(H,18,20). The van der Waals surface area contributed by atoms with Crippen LogP contribution in [-0.2, 0) is 0 Å². The van der Waals surface area contributed by atoms with E-state index >= 15 is 0 Å². The van der Waals surface area contributed by atoms with Crippen molar-refractivity contribution < 1.29 is 4.79 Å². The first-order valence-electron chi connectivity index (χ1n) is 7.48. The fraction of sp³-hybridized carbons (Fsp3) is 0.667. The summed E-state index contributed by atoms with van der Waals surface area (Å²) in [6.45, 7) is 0. The summed E-state index contributed by atoms with van der Waals surface area (Å²) in [4.78, 5) is 16.1. The number of nitriles is 1. The van der Waals surface area contributed by atoms with Gasteiger partial charge in [-0.3, -0.25) is 4.57 Å². The summed E-state index contributed by atoms with van der Waals surface area (Å²) in [5, 5.41) is 12.0. The second kappa shape index (κ2) is 4.34. The van der Waals surface area contributed by atoms with E-state index in [0.717, 1.165) is 11.8 Å². The van der Waals surface area contributed by atoms with E-state index in [1.165, 1.54) is 49.2 Å². The van der Waals surface area contributed by atoms with Crippen LogP contribution in [0.1, 0.15) is 37.8 Å². The van der Waals surface area contributed by atoms with E-state index in [9.17, 15) is 4.79 Å². The molecule has 1 aromatic heterocycles. The molecule has 104 valence electrons. The summed E-state index contributed by atoms with van der Waals surface area (Å²) in [6, 6.07) is 2.13. The number of rotatable bonds is 1. The molecule has 1 heterocycles. The Morgan fingerprint density at radius 3 is 2.45 bits per heavy atom. The van der Waals surface area contributed by atoms with Gasteiger partial charge in [0.25, 0.3) is 0 Å². The number of hydrogen-bond acceptors (Lipinski definition) is 3. The summed E-state index contributed by atoms with van der Waals surface area (Å²) in [7, 11) is 0. The Hall–Kier alpha value is -1.83. The fourth-order valence-electron chi connectivity index (χ4n) is 4.87. The maximum atomic E-state index is 12.3. The molecule has 0 aliphatic heterocycles. The van der Waals surface area contributed by atoms with Gasteiger partial charge in [-0.15, -0.1) is 0 Å². The number of amides is 1. The minimum absolute atomic E-state index is 0.142. The number of imidazole rings is 1. The quantitative estimate of drug-likeness (QED) is 0.849. The lowest BCUT2D eigenvalue weighted by Gasteiger charge is -2.54. The molecule has 0 spiro atoms. The number of hydrogen-bond donors (Lipinski definition) is 1. The topological polar surface area (TPSA) is 70.7 Å². The first-order chi connectivity index (χ1) is 9.72. The summed E-state index contributed by atoms with van der Waals surface area (Å²) >= 11 is 0. The number of nitrogens with zero attached hydrogens (tertiary/aromatic N) is 3. The molecule has 4 saturated carbocycles. The molecule has 5 heteroatoms. The second-order valence-electron chi connectivity index (χ2n) is 6.68. The zero-order valence-electron chi connectivity index (χ0n) is 11.3. The fourth-order valence-corrected chi connectivity index (χ4v) is 4.87. The molecule has 4 aliphatic carbocycles. The number of carbonyl (C=O) groups is 1. The Bertz CT molecular complexity index is 557. The van der Waals surface area contributed by atoms with E-state index in [-0.39, 0.29) is 11.7 Å². The van der Waals surface area contributed by atoms with Crippen molar-refractivity contribution in [3.63, 3.8) is 0 Å². The third kappa shape index (κ3) is 1.82. The Kier molecular flexibility index (Phi) is 2.59. The summed E-state index contributed by atoms with van der Waals surface area (Å²) in [6.07, 6.45) is 9.46. The van der Waals surface area contributed by atoms with Gasteiger partial charge in [0.15, 0.2) is 5.69 Å². The molecular weight excluding hydrogens is 252 g/mol. The molecule has 5 nitrogen and oxygen atoms in total. The summed E-state index contributed by atoms with van der Waals surface area (Å²) < 4.78 is 1.39. The lowest BCUT2D eigenvalue weighted by molar-refractivity contribution is -0.00936. The smallest absolute Gasteiger partial charge is 0.327 e. The lowest BCUT2D eigenvalue weighted by Crippen LogP contribution is -2.56. The molecule has 5 rings (SSSR count). The van der Waals surface area contributed by atoms with Gasteiger partial charge in [0.05, 0.1) is 6.20 Å². The van der Waals surface area contributed by atoms with Gasteiger partial charge < -0.3 is 5.32 Å². The maximum Gasteiger partial charge on any atom is 0.327 e. The molecule has 0 atom stereocenters. The molecule has 0 unspecified atom stereocenters. The van der Waals surface area contributed by atoms with Crippen molar-refractivity contribution in [3.8, 4) is 6.07 Å². The third-order valence-electron chi connectivity index (χ3n) is 5.45. The van der Waals surface area contributed by atoms with Crippen molar-refractivity contribution in [2.75, 3.05) is 0 Å². The van der Waals surface area contributed by atoms with E-state index in [4.69, 9.17) is 5.26 Å². The van der Waals surface area contributed by atoms with Crippen LogP contribution in [0.2, 0.25) is 0 Å². The van der Waals surface area contributed by atoms with Crippen molar-refractivity contribution in [1.82, 2.24) is 14.9 Å². The van der Waals surface area contributed by atoms with Crippen LogP contribution in [0.5, 0.6) is 0 Å². The van der Waals surface area contributed by atoms with Gasteiger partial charge in [-0.1, -0.05) is 0 Å². The van der Waals surface area contributed by atoms with E-state index in [1.54, 1.807) is 0 Å². The van der Waals surface area contributed by atoms with Crippen LogP contribution in [0.15, 0.2) is 12.5 Å². The number of aromatic nitrogens is 2. The summed E-state index contributed by atoms with van der Waals surface area (Å²) in [5.41, 5.74) is 0.283. The van der Waals surface area contributed by atoms with Gasteiger partial charge in [-0.25, -0.2) is 9.78 Å². The van der Waals surface area contributed by atoms with Gasteiger partial charge in [-0.2, -0.15) is 5.26 Å². The van der Waals surface area contributed by atoms with Crippen molar-refractivity contribution in [2.45, 2.75) is 38.1 Å². The predicted octanol–water partition coefficient (Wildman–Crippen LogP) is 2.14. The summed E-state index contributed by atoms with van der Waals surface area (Å²) in [5.74, 6) is 3.14. The Balaban J connectivity index is 1.49. The van der Waals surface area contributed by atoms with Crippen molar-refractivity contribution in [3.05, 3.63) is 18.2 Å². The van der Waals surface area contributed by atoms with Crippen molar-refractivity contribution >= 4 is 6.03 Å². The zero-order valence-corrected chi connectivity index (χ0v) is 11.3. The highest BCUT2D eigenvalue weighted by Gasteiger charge is 2.48. The molecular formula is C15H18N4O. The van der Waals surface area contributed by atoms with Gasteiger partial charge in [0.1, 0.15) is 12.4 Å². The van der Waals surface area contributed by atoms with Crippen LogP contribution in [0, 0.1) is 35.0 Å².